The minimum atomic E-state index is 0.0383. The normalized spacial score (nSPS) is 12.2. The van der Waals surface area contributed by atoms with Crippen LogP contribution in [0.4, 0.5) is 0 Å². The molecule has 0 saturated carbocycles. The van der Waals surface area contributed by atoms with Crippen LogP contribution in [-0.2, 0) is 11.8 Å². The number of nitrogens with zero attached hydrogens (tertiary/aromatic N) is 3. The van der Waals surface area contributed by atoms with Gasteiger partial charge in [0.15, 0.2) is 11.0 Å². The molecule has 1 heterocycles. The molecular weight excluding hydrogens is 308 g/mol. The van der Waals surface area contributed by atoms with Crippen molar-refractivity contribution in [2.45, 2.75) is 44.8 Å². The van der Waals surface area contributed by atoms with E-state index < -0.39 is 0 Å². The quantitative estimate of drug-likeness (QED) is 0.791. The average molecular weight is 332 g/mol. The number of carbonyl (C=O) groups is 1. The van der Waals surface area contributed by atoms with E-state index in [9.17, 15) is 4.79 Å². The largest absolute Gasteiger partial charge is 0.353 e. The molecule has 0 fully saturated rings. The molecule has 1 unspecified atom stereocenters. The van der Waals surface area contributed by atoms with Crippen LogP contribution in [0.1, 0.15) is 32.3 Å². The standard InChI is InChI=1S/C17H24N4OS/c1-5-8-13(3)18-15(22)11-23-17-20-19-16(21(17)4)14-10-7-6-9-12(14)2/h6-7,9-10,13H,5,8,11H2,1-4H3,(H,18,22). The Morgan fingerprint density at radius 1 is 1.35 bits per heavy atom. The number of thioether (sulfide) groups is 1. The molecule has 2 rings (SSSR count). The lowest BCUT2D eigenvalue weighted by molar-refractivity contribution is -0.119. The summed E-state index contributed by atoms with van der Waals surface area (Å²) in [7, 11) is 1.93. The van der Waals surface area contributed by atoms with Crippen molar-refractivity contribution >= 4 is 17.7 Å². The first-order valence-corrected chi connectivity index (χ1v) is 8.89. The van der Waals surface area contributed by atoms with Crippen molar-refractivity contribution in [2.75, 3.05) is 5.75 Å². The SMILES string of the molecule is CCCC(C)NC(=O)CSc1nnc(-c2ccccc2C)n1C. The highest BCUT2D eigenvalue weighted by atomic mass is 32.2. The topological polar surface area (TPSA) is 59.8 Å². The maximum atomic E-state index is 12.0. The zero-order chi connectivity index (χ0) is 16.8. The van der Waals surface area contributed by atoms with E-state index in [4.69, 9.17) is 0 Å². The van der Waals surface area contributed by atoms with Crippen molar-refractivity contribution in [1.29, 1.82) is 0 Å². The van der Waals surface area contributed by atoms with E-state index in [0.717, 1.165) is 34.9 Å². The third-order valence-electron chi connectivity index (χ3n) is 3.68. The van der Waals surface area contributed by atoms with Gasteiger partial charge in [-0.05, 0) is 25.8 Å². The first-order valence-electron chi connectivity index (χ1n) is 7.90. The van der Waals surface area contributed by atoms with Crippen LogP contribution in [0.3, 0.4) is 0 Å². The van der Waals surface area contributed by atoms with Gasteiger partial charge < -0.3 is 9.88 Å². The third-order valence-corrected chi connectivity index (χ3v) is 4.70. The Morgan fingerprint density at radius 2 is 2.09 bits per heavy atom. The molecule has 0 aliphatic heterocycles. The predicted octanol–water partition coefficient (Wildman–Crippen LogP) is 3.19. The molecule has 0 aliphatic carbocycles. The first-order chi connectivity index (χ1) is 11.0. The maximum absolute atomic E-state index is 12.0. The molecule has 124 valence electrons. The summed E-state index contributed by atoms with van der Waals surface area (Å²) >= 11 is 1.41. The summed E-state index contributed by atoms with van der Waals surface area (Å²) in [6.45, 7) is 6.20. The molecule has 1 aromatic heterocycles. The fourth-order valence-electron chi connectivity index (χ4n) is 2.45. The summed E-state index contributed by atoms with van der Waals surface area (Å²) < 4.78 is 1.94. The molecular formula is C17H24N4OS. The molecule has 2 aromatic rings. The predicted molar refractivity (Wildman–Crippen MR) is 94.4 cm³/mol. The number of aryl methyl sites for hydroxylation is 1. The summed E-state index contributed by atoms with van der Waals surface area (Å²) in [5.74, 6) is 1.22. The summed E-state index contributed by atoms with van der Waals surface area (Å²) in [6, 6.07) is 8.31. The van der Waals surface area contributed by atoms with Gasteiger partial charge in [-0.3, -0.25) is 4.79 Å². The summed E-state index contributed by atoms with van der Waals surface area (Å²) in [6.07, 6.45) is 2.06. The second kappa shape index (κ2) is 8.15. The molecule has 0 bridgehead atoms. The molecule has 6 heteroatoms. The fraction of sp³-hybridized carbons (Fsp3) is 0.471. The number of nitrogens with one attached hydrogen (secondary N) is 1. The van der Waals surface area contributed by atoms with Gasteiger partial charge in [-0.15, -0.1) is 10.2 Å². The maximum Gasteiger partial charge on any atom is 0.230 e. The summed E-state index contributed by atoms with van der Waals surface area (Å²) in [5, 5.41) is 12.2. The Hall–Kier alpha value is -1.82. The van der Waals surface area contributed by atoms with E-state index in [1.165, 1.54) is 11.8 Å². The molecule has 1 amide bonds. The summed E-state index contributed by atoms with van der Waals surface area (Å²) in [4.78, 5) is 12.0. The number of carbonyl (C=O) groups excluding carboxylic acids is 1. The Labute approximate surface area is 141 Å². The number of rotatable bonds is 7. The minimum Gasteiger partial charge on any atom is -0.353 e. The second-order valence-electron chi connectivity index (χ2n) is 5.73. The monoisotopic (exact) mass is 332 g/mol. The molecule has 1 N–H and O–H groups in total. The van der Waals surface area contributed by atoms with Crippen molar-refractivity contribution in [3.05, 3.63) is 29.8 Å². The molecule has 0 radical (unpaired) electrons. The van der Waals surface area contributed by atoms with Crippen molar-refractivity contribution in [2.24, 2.45) is 7.05 Å². The van der Waals surface area contributed by atoms with Crippen LogP contribution in [0.2, 0.25) is 0 Å². The van der Waals surface area contributed by atoms with Gasteiger partial charge in [0.25, 0.3) is 0 Å². The highest BCUT2D eigenvalue weighted by molar-refractivity contribution is 7.99. The van der Waals surface area contributed by atoms with Crippen molar-refractivity contribution < 1.29 is 4.79 Å². The number of hydrogen-bond donors (Lipinski definition) is 1. The molecule has 1 aromatic carbocycles. The Kier molecular flexibility index (Phi) is 6.21. The van der Waals surface area contributed by atoms with Crippen LogP contribution in [0.25, 0.3) is 11.4 Å². The molecule has 5 nitrogen and oxygen atoms in total. The van der Waals surface area contributed by atoms with Gasteiger partial charge in [0.2, 0.25) is 5.91 Å². The van der Waals surface area contributed by atoms with Gasteiger partial charge in [-0.2, -0.15) is 0 Å². The lowest BCUT2D eigenvalue weighted by Crippen LogP contribution is -2.33. The van der Waals surface area contributed by atoms with E-state index in [1.807, 2.05) is 36.7 Å². The molecule has 0 aliphatic rings. The van der Waals surface area contributed by atoms with Gasteiger partial charge in [-0.1, -0.05) is 49.4 Å². The molecule has 0 saturated heterocycles. The second-order valence-corrected chi connectivity index (χ2v) is 6.67. The van der Waals surface area contributed by atoms with Gasteiger partial charge in [0.1, 0.15) is 0 Å². The zero-order valence-corrected chi connectivity index (χ0v) is 15.0. The van der Waals surface area contributed by atoms with E-state index in [1.54, 1.807) is 0 Å². The molecule has 0 spiro atoms. The van der Waals surface area contributed by atoms with Crippen molar-refractivity contribution in [1.82, 2.24) is 20.1 Å². The molecule has 1 atom stereocenters. The van der Waals surface area contributed by atoms with Gasteiger partial charge in [-0.25, -0.2) is 0 Å². The smallest absolute Gasteiger partial charge is 0.230 e. The Bertz CT molecular complexity index is 668. The highest BCUT2D eigenvalue weighted by Crippen LogP contribution is 2.24. The number of amides is 1. The average Bonchev–Trinajstić information content (AvgIpc) is 2.87. The van der Waals surface area contributed by atoms with E-state index in [2.05, 4.69) is 35.4 Å². The van der Waals surface area contributed by atoms with E-state index in [-0.39, 0.29) is 11.9 Å². The summed E-state index contributed by atoms with van der Waals surface area (Å²) in [5.41, 5.74) is 2.22. The van der Waals surface area contributed by atoms with Gasteiger partial charge >= 0.3 is 0 Å². The zero-order valence-electron chi connectivity index (χ0n) is 14.2. The lowest BCUT2D eigenvalue weighted by Gasteiger charge is -2.12. The lowest BCUT2D eigenvalue weighted by atomic mass is 10.1. The number of aromatic nitrogens is 3. The van der Waals surface area contributed by atoms with E-state index >= 15 is 0 Å². The minimum absolute atomic E-state index is 0.0383. The number of benzene rings is 1. The van der Waals surface area contributed by atoms with Crippen LogP contribution in [0.15, 0.2) is 29.4 Å². The van der Waals surface area contributed by atoms with Crippen LogP contribution in [0, 0.1) is 6.92 Å². The Balaban J connectivity index is 2.00. The first kappa shape index (κ1) is 17.5. The van der Waals surface area contributed by atoms with Crippen molar-refractivity contribution in [3.63, 3.8) is 0 Å². The third kappa shape index (κ3) is 4.58. The number of hydrogen-bond acceptors (Lipinski definition) is 4. The van der Waals surface area contributed by atoms with Crippen LogP contribution in [-0.4, -0.2) is 32.5 Å². The molecule has 23 heavy (non-hydrogen) atoms. The van der Waals surface area contributed by atoms with Gasteiger partial charge in [0.05, 0.1) is 5.75 Å². The fourth-order valence-corrected chi connectivity index (χ4v) is 3.17. The van der Waals surface area contributed by atoms with E-state index in [0.29, 0.717) is 5.75 Å². The highest BCUT2D eigenvalue weighted by Gasteiger charge is 2.14. The van der Waals surface area contributed by atoms with Gasteiger partial charge in [0, 0.05) is 18.7 Å². The van der Waals surface area contributed by atoms with Crippen LogP contribution < -0.4 is 5.32 Å². The van der Waals surface area contributed by atoms with Crippen LogP contribution >= 0.6 is 11.8 Å². The Morgan fingerprint density at radius 3 is 2.78 bits per heavy atom. The van der Waals surface area contributed by atoms with Crippen molar-refractivity contribution in [3.8, 4) is 11.4 Å². The van der Waals surface area contributed by atoms with Crippen LogP contribution in [0.5, 0.6) is 0 Å².